The molecule has 0 heterocycles. The van der Waals surface area contributed by atoms with E-state index in [4.69, 9.17) is 14.7 Å². The molecule has 0 aliphatic carbocycles. The minimum atomic E-state index is -1.52. The molecule has 16 nitrogen and oxygen atoms in total. The number of carbonyl (C=O) groups excluding carboxylic acids is 1. The van der Waals surface area contributed by atoms with Crippen molar-refractivity contribution in [2.24, 2.45) is 0 Å². The molecule has 0 saturated heterocycles. The van der Waals surface area contributed by atoms with Crippen LogP contribution in [0.25, 0.3) is 0 Å². The van der Waals surface area contributed by atoms with Gasteiger partial charge in [-0.25, -0.2) is 30.2 Å². The lowest BCUT2D eigenvalue weighted by molar-refractivity contribution is -0.385. The number of carboxylic acid groups (broad SMARTS) is 2. The maximum absolute atomic E-state index is 12.4. The lowest BCUT2D eigenvalue weighted by atomic mass is 10.0. The van der Waals surface area contributed by atoms with E-state index < -0.39 is 39.0 Å². The zero-order valence-electron chi connectivity index (χ0n) is 22.9. The molecule has 0 saturated carbocycles. The number of nitrogens with one attached hydrogen (secondary N) is 2. The quantitative estimate of drug-likeness (QED) is 0.0620. The van der Waals surface area contributed by atoms with Crippen LogP contribution in [0.1, 0.15) is 47.8 Å². The number of nitrogens with zero attached hydrogens (tertiary/aromatic N) is 2. The highest BCUT2D eigenvalue weighted by Crippen LogP contribution is 2.21. The first-order chi connectivity index (χ1) is 21.5. The summed E-state index contributed by atoms with van der Waals surface area (Å²) in [5.74, 6) is -3.90. The minimum absolute atomic E-state index is 0.182. The van der Waals surface area contributed by atoms with Gasteiger partial charge in [0.05, 0.1) is 37.9 Å². The van der Waals surface area contributed by atoms with Crippen molar-refractivity contribution in [3.8, 4) is 0 Å². The smallest absolute Gasteiger partial charge is 0.363 e. The van der Waals surface area contributed by atoms with Gasteiger partial charge in [0, 0.05) is 24.3 Å². The van der Waals surface area contributed by atoms with Gasteiger partial charge in [0.15, 0.2) is 0 Å². The Morgan fingerprint density at radius 3 is 1.71 bits per heavy atom. The zero-order valence-corrected chi connectivity index (χ0v) is 22.9. The van der Waals surface area contributed by atoms with Crippen LogP contribution in [0.4, 0.5) is 22.7 Å². The van der Waals surface area contributed by atoms with Crippen molar-refractivity contribution < 1.29 is 49.2 Å². The van der Waals surface area contributed by atoms with Gasteiger partial charge in [0.2, 0.25) is 0 Å². The largest absolute Gasteiger partial charge is 0.478 e. The number of carbonyl (C=O) groups is 3. The molecule has 0 aliphatic rings. The highest BCUT2D eigenvalue weighted by Gasteiger charge is 2.22. The van der Waals surface area contributed by atoms with Crippen molar-refractivity contribution >= 4 is 40.7 Å². The molecular weight excluding hydrogens is 596 g/mol. The fourth-order valence-corrected chi connectivity index (χ4v) is 3.95. The van der Waals surface area contributed by atoms with Crippen LogP contribution in [0.15, 0.2) is 84.9 Å². The molecule has 0 fully saturated rings. The predicted octanol–water partition coefficient (Wildman–Crippen LogP) is 5.15. The summed E-state index contributed by atoms with van der Waals surface area (Å²) >= 11 is 0. The van der Waals surface area contributed by atoms with E-state index in [-0.39, 0.29) is 29.0 Å². The second-order valence-electron chi connectivity index (χ2n) is 9.21. The van der Waals surface area contributed by atoms with Crippen molar-refractivity contribution in [3.05, 3.63) is 139 Å². The number of anilines is 2. The third kappa shape index (κ3) is 8.34. The van der Waals surface area contributed by atoms with Crippen LogP contribution in [0.5, 0.6) is 0 Å². The average Bonchev–Trinajstić information content (AvgIpc) is 3.02. The number of non-ortho nitro benzene ring substituents is 2. The molecule has 0 atom stereocenters. The standard InChI is InChI=1S/C29H22N4O12/c34-27(35)25-14-22(32(39)40)10-5-19(25)16-43-45-31-21-8-3-18(4-9-21)13-17-1-6-20(7-2-17)30-44-29(38)24-12-11-23(33(41)42)15-26(24)28(36)37/h1-12,14-15,30-31H,13,16H2,(H,34,35)(H,36,37). The molecule has 4 aromatic rings. The molecular formula is C29H22N4O12. The third-order valence-electron chi connectivity index (χ3n) is 6.21. The van der Waals surface area contributed by atoms with Crippen LogP contribution in [0.3, 0.4) is 0 Å². The second-order valence-corrected chi connectivity index (χ2v) is 9.21. The molecule has 0 amide bonds. The van der Waals surface area contributed by atoms with E-state index in [1.807, 2.05) is 12.1 Å². The Kier molecular flexibility index (Phi) is 9.94. The normalized spacial score (nSPS) is 10.5. The number of hydrogen-bond donors (Lipinski definition) is 4. The second kappa shape index (κ2) is 14.2. The Morgan fingerprint density at radius 1 is 0.667 bits per heavy atom. The number of carboxylic acids is 2. The Balaban J connectivity index is 1.25. The molecule has 4 aromatic carbocycles. The van der Waals surface area contributed by atoms with Gasteiger partial charge in [-0.15, -0.1) is 4.99 Å². The number of rotatable bonds is 14. The summed E-state index contributed by atoms with van der Waals surface area (Å²) in [5, 5.41) is 40.4. The van der Waals surface area contributed by atoms with Crippen molar-refractivity contribution in [2.45, 2.75) is 13.0 Å². The van der Waals surface area contributed by atoms with E-state index >= 15 is 0 Å². The van der Waals surface area contributed by atoms with Gasteiger partial charge < -0.3 is 15.1 Å². The molecule has 4 rings (SSSR count). The van der Waals surface area contributed by atoms with Gasteiger partial charge in [-0.3, -0.25) is 20.2 Å². The molecule has 0 radical (unpaired) electrons. The van der Waals surface area contributed by atoms with Crippen molar-refractivity contribution in [1.29, 1.82) is 0 Å². The van der Waals surface area contributed by atoms with Crippen LogP contribution in [-0.4, -0.2) is 38.0 Å². The molecule has 4 N–H and O–H groups in total. The molecule has 45 heavy (non-hydrogen) atoms. The van der Waals surface area contributed by atoms with Gasteiger partial charge in [-0.2, -0.15) is 0 Å². The first kappa shape index (κ1) is 31.5. The molecule has 0 aliphatic heterocycles. The van der Waals surface area contributed by atoms with Gasteiger partial charge in [-0.05, 0) is 59.5 Å². The van der Waals surface area contributed by atoms with Crippen LogP contribution in [-0.2, 0) is 27.7 Å². The van der Waals surface area contributed by atoms with Crippen LogP contribution in [0, 0.1) is 20.2 Å². The summed E-state index contributed by atoms with van der Waals surface area (Å²) < 4.78 is 0. The first-order valence-electron chi connectivity index (χ1n) is 12.7. The molecule has 16 heteroatoms. The van der Waals surface area contributed by atoms with E-state index in [2.05, 4.69) is 11.0 Å². The van der Waals surface area contributed by atoms with Gasteiger partial charge in [0.1, 0.15) is 6.61 Å². The van der Waals surface area contributed by atoms with Crippen molar-refractivity contribution in [1.82, 2.24) is 0 Å². The number of hydrogen-bond acceptors (Lipinski definition) is 12. The predicted molar refractivity (Wildman–Crippen MR) is 154 cm³/mol. The van der Waals surface area contributed by atoms with Crippen molar-refractivity contribution in [2.75, 3.05) is 11.0 Å². The Morgan fingerprint density at radius 2 is 1.18 bits per heavy atom. The molecule has 230 valence electrons. The number of aromatic carboxylic acids is 2. The Hall–Kier alpha value is -6.39. The van der Waals surface area contributed by atoms with Crippen LogP contribution < -0.4 is 11.0 Å². The lowest BCUT2D eigenvalue weighted by Gasteiger charge is -2.10. The molecule has 0 unspecified atom stereocenters. The number of benzene rings is 4. The van der Waals surface area contributed by atoms with Gasteiger partial charge in [0.25, 0.3) is 11.4 Å². The topological polar surface area (TPSA) is 230 Å². The van der Waals surface area contributed by atoms with E-state index in [0.29, 0.717) is 17.8 Å². The van der Waals surface area contributed by atoms with E-state index in [1.54, 1.807) is 36.4 Å². The monoisotopic (exact) mass is 618 g/mol. The summed E-state index contributed by atoms with van der Waals surface area (Å²) in [5.41, 5.74) is 5.90. The third-order valence-corrected chi connectivity index (χ3v) is 6.21. The SMILES string of the molecule is O=C(O)c1cc([N+](=O)[O-])ccc1COONc1ccc(Cc2ccc(NOC(=O)c3ccc([N+](=O)[O-])cc3C(=O)O)cc2)cc1. The van der Waals surface area contributed by atoms with Crippen molar-refractivity contribution in [3.63, 3.8) is 0 Å². The summed E-state index contributed by atoms with van der Waals surface area (Å²) in [6, 6.07) is 20.1. The Labute approximate surface area is 252 Å². The average molecular weight is 619 g/mol. The fraction of sp³-hybridized carbons (Fsp3) is 0.0690. The molecule has 0 spiro atoms. The van der Waals surface area contributed by atoms with Gasteiger partial charge in [-0.1, -0.05) is 24.3 Å². The highest BCUT2D eigenvalue weighted by atomic mass is 17.3. The minimum Gasteiger partial charge on any atom is -0.478 e. The van der Waals surface area contributed by atoms with E-state index in [9.17, 15) is 44.8 Å². The summed E-state index contributed by atoms with van der Waals surface area (Å²) in [4.78, 5) is 70.5. The van der Waals surface area contributed by atoms with Crippen LogP contribution >= 0.6 is 0 Å². The summed E-state index contributed by atoms with van der Waals surface area (Å²) in [6.07, 6.45) is 0.542. The number of nitro groups is 2. The Bertz CT molecular complexity index is 1760. The van der Waals surface area contributed by atoms with E-state index in [1.165, 1.54) is 12.1 Å². The summed E-state index contributed by atoms with van der Waals surface area (Å²) in [7, 11) is 0. The fourth-order valence-electron chi connectivity index (χ4n) is 3.95. The molecule has 0 aromatic heterocycles. The highest BCUT2D eigenvalue weighted by molar-refractivity contribution is 6.03. The van der Waals surface area contributed by atoms with Crippen LogP contribution in [0.2, 0.25) is 0 Å². The summed E-state index contributed by atoms with van der Waals surface area (Å²) in [6.45, 7) is -0.283. The van der Waals surface area contributed by atoms with Gasteiger partial charge >= 0.3 is 17.9 Å². The molecule has 0 bridgehead atoms. The van der Waals surface area contributed by atoms with E-state index in [0.717, 1.165) is 35.4 Å². The first-order valence-corrected chi connectivity index (χ1v) is 12.7. The lowest BCUT2D eigenvalue weighted by Crippen LogP contribution is -2.15. The maximum Gasteiger partial charge on any atom is 0.363 e. The zero-order chi connectivity index (χ0) is 32.5. The number of nitro benzene ring substituents is 2. The maximum atomic E-state index is 12.4.